The molecule has 8 heteroatoms. The Morgan fingerprint density at radius 2 is 2.11 bits per heavy atom. The molecular weight excluding hydrogens is 248 g/mol. The van der Waals surface area contributed by atoms with E-state index in [1.807, 2.05) is 0 Å². The topological polar surface area (TPSA) is 117 Å². The van der Waals surface area contributed by atoms with E-state index in [0.29, 0.717) is 5.82 Å². The molecule has 0 aromatic carbocycles. The van der Waals surface area contributed by atoms with Gasteiger partial charge < -0.3 is 16.0 Å². The Labute approximate surface area is 110 Å². The smallest absolute Gasteiger partial charge is 0.294 e. The number of hydrogen-bond acceptors (Lipinski definition) is 5. The lowest BCUT2D eigenvalue weighted by molar-refractivity contribution is -0.119. The molecule has 0 saturated carbocycles. The van der Waals surface area contributed by atoms with Crippen LogP contribution >= 0.6 is 0 Å². The second-order valence-electron chi connectivity index (χ2n) is 4.62. The molecule has 1 saturated heterocycles. The Bertz CT molecular complexity index is 466. The maximum absolute atomic E-state index is 12.3. The molecule has 1 aromatic rings. The zero-order valence-corrected chi connectivity index (χ0v) is 10.8. The van der Waals surface area contributed by atoms with Crippen LogP contribution in [0.3, 0.4) is 0 Å². The number of H-pyrrole nitrogens is 1. The molecule has 0 atom stereocenters. The van der Waals surface area contributed by atoms with Gasteiger partial charge in [-0.1, -0.05) is 0 Å². The molecule has 4 N–H and O–H groups in total. The van der Waals surface area contributed by atoms with Gasteiger partial charge in [0.15, 0.2) is 0 Å². The minimum atomic E-state index is -0.529. The van der Waals surface area contributed by atoms with Crippen molar-refractivity contribution in [3.05, 3.63) is 11.6 Å². The number of aromatic nitrogens is 3. The third-order valence-electron chi connectivity index (χ3n) is 3.12. The van der Waals surface area contributed by atoms with E-state index < -0.39 is 5.91 Å². The fourth-order valence-corrected chi connectivity index (χ4v) is 2.22. The molecule has 0 bridgehead atoms. The van der Waals surface area contributed by atoms with Gasteiger partial charge in [-0.2, -0.15) is 0 Å². The summed E-state index contributed by atoms with van der Waals surface area (Å²) in [6.07, 6.45) is 1.59. The van der Waals surface area contributed by atoms with Crippen molar-refractivity contribution >= 4 is 11.8 Å². The minimum Gasteiger partial charge on any atom is -0.368 e. The van der Waals surface area contributed by atoms with Gasteiger partial charge in [-0.15, -0.1) is 5.10 Å². The third kappa shape index (κ3) is 3.28. The van der Waals surface area contributed by atoms with Crippen LogP contribution in [0.15, 0.2) is 0 Å². The second kappa shape index (κ2) is 5.79. The molecule has 104 valence electrons. The summed E-state index contributed by atoms with van der Waals surface area (Å²) >= 11 is 0. The van der Waals surface area contributed by atoms with E-state index in [1.54, 1.807) is 6.92 Å². The van der Waals surface area contributed by atoms with Crippen molar-refractivity contribution in [1.29, 1.82) is 0 Å². The molecule has 0 radical (unpaired) electrons. The number of carbonyl (C=O) groups is 2. The minimum absolute atomic E-state index is 0.0000520. The second-order valence-corrected chi connectivity index (χ2v) is 4.62. The zero-order valence-electron chi connectivity index (χ0n) is 10.8. The van der Waals surface area contributed by atoms with E-state index in [9.17, 15) is 9.59 Å². The molecule has 19 heavy (non-hydrogen) atoms. The monoisotopic (exact) mass is 266 g/mol. The van der Waals surface area contributed by atoms with Crippen LogP contribution in [-0.4, -0.2) is 57.6 Å². The number of primary amides is 1. The lowest BCUT2D eigenvalue weighted by Gasteiger charge is -2.33. The highest BCUT2D eigenvalue weighted by atomic mass is 16.2. The summed E-state index contributed by atoms with van der Waals surface area (Å²) < 4.78 is 0. The number of piperidine rings is 1. The third-order valence-corrected chi connectivity index (χ3v) is 3.12. The van der Waals surface area contributed by atoms with Gasteiger partial charge in [-0.3, -0.25) is 14.7 Å². The molecule has 8 nitrogen and oxygen atoms in total. The van der Waals surface area contributed by atoms with Crippen molar-refractivity contribution in [1.82, 2.24) is 25.4 Å². The summed E-state index contributed by atoms with van der Waals surface area (Å²) in [4.78, 5) is 29.0. The number of nitrogens with zero attached hydrogens (tertiary/aromatic N) is 3. The molecule has 1 fully saturated rings. The highest BCUT2D eigenvalue weighted by Crippen LogP contribution is 2.14. The molecule has 2 amide bonds. The van der Waals surface area contributed by atoms with Crippen LogP contribution < -0.4 is 11.1 Å². The first-order valence-corrected chi connectivity index (χ1v) is 6.27. The van der Waals surface area contributed by atoms with Crippen LogP contribution in [0.2, 0.25) is 0 Å². The summed E-state index contributed by atoms with van der Waals surface area (Å²) in [5.41, 5.74) is 5.22. The fraction of sp³-hybridized carbons (Fsp3) is 0.636. The lowest BCUT2D eigenvalue weighted by atomic mass is 10.0. The molecule has 2 rings (SSSR count). The Morgan fingerprint density at radius 1 is 1.42 bits per heavy atom. The first-order valence-electron chi connectivity index (χ1n) is 6.27. The Morgan fingerprint density at radius 3 is 2.63 bits per heavy atom. The van der Waals surface area contributed by atoms with E-state index in [2.05, 4.69) is 20.5 Å². The molecule has 2 heterocycles. The summed E-state index contributed by atoms with van der Waals surface area (Å²) in [7, 11) is 0. The largest absolute Gasteiger partial charge is 0.368 e. The zero-order chi connectivity index (χ0) is 13.8. The molecule has 1 aromatic heterocycles. The van der Waals surface area contributed by atoms with Crippen LogP contribution in [0.4, 0.5) is 0 Å². The molecule has 1 aliphatic heterocycles. The number of amides is 2. The van der Waals surface area contributed by atoms with Crippen LogP contribution in [0, 0.1) is 6.92 Å². The number of nitrogens with two attached hydrogens (primary N) is 1. The number of rotatable bonds is 4. The van der Waals surface area contributed by atoms with Gasteiger partial charge in [-0.05, 0) is 32.9 Å². The van der Waals surface area contributed by atoms with Crippen LogP contribution in [-0.2, 0) is 4.79 Å². The first kappa shape index (κ1) is 13.5. The lowest BCUT2D eigenvalue weighted by Crippen LogP contribution is -2.49. The normalized spacial score (nSPS) is 16.3. The molecule has 0 unspecified atom stereocenters. The molecular formula is C11H18N6O2. The van der Waals surface area contributed by atoms with E-state index in [0.717, 1.165) is 25.9 Å². The average Bonchev–Trinajstić information content (AvgIpc) is 2.83. The van der Waals surface area contributed by atoms with E-state index >= 15 is 0 Å². The Balaban J connectivity index is 2.16. The Hall–Kier alpha value is -1.96. The van der Waals surface area contributed by atoms with Crippen molar-refractivity contribution in [2.75, 3.05) is 19.6 Å². The number of hydrogen-bond donors (Lipinski definition) is 3. The maximum Gasteiger partial charge on any atom is 0.294 e. The van der Waals surface area contributed by atoms with Crippen molar-refractivity contribution in [3.63, 3.8) is 0 Å². The quantitative estimate of drug-likeness (QED) is 0.632. The van der Waals surface area contributed by atoms with Crippen molar-refractivity contribution in [2.45, 2.75) is 25.8 Å². The highest BCUT2D eigenvalue weighted by Gasteiger charge is 2.29. The Kier molecular flexibility index (Phi) is 4.10. The van der Waals surface area contributed by atoms with Gasteiger partial charge in [0.2, 0.25) is 11.7 Å². The van der Waals surface area contributed by atoms with E-state index in [4.69, 9.17) is 5.73 Å². The summed E-state index contributed by atoms with van der Waals surface area (Å²) in [6, 6.07) is 0.0000520. The fourth-order valence-electron chi connectivity index (χ4n) is 2.22. The van der Waals surface area contributed by atoms with Gasteiger partial charge in [0, 0.05) is 6.04 Å². The maximum atomic E-state index is 12.3. The number of aryl methyl sites for hydroxylation is 1. The number of aromatic amines is 1. The molecule has 1 aliphatic rings. The summed E-state index contributed by atoms with van der Waals surface area (Å²) in [5, 5.41) is 9.68. The highest BCUT2D eigenvalue weighted by molar-refractivity contribution is 5.93. The number of nitrogens with one attached hydrogen (secondary N) is 2. The predicted molar refractivity (Wildman–Crippen MR) is 67.2 cm³/mol. The summed E-state index contributed by atoms with van der Waals surface area (Å²) in [5.74, 6) is -0.237. The van der Waals surface area contributed by atoms with Crippen LogP contribution in [0.1, 0.15) is 29.3 Å². The van der Waals surface area contributed by atoms with Crippen molar-refractivity contribution in [2.24, 2.45) is 5.73 Å². The van der Waals surface area contributed by atoms with Gasteiger partial charge in [0.05, 0.1) is 0 Å². The van der Waals surface area contributed by atoms with Gasteiger partial charge >= 0.3 is 0 Å². The standard InChI is InChI=1S/C11H18N6O2/c1-7-14-10(16-15-7)11(19)17(6-9(12)18)8-2-4-13-5-3-8/h8,13H,2-6H2,1H3,(H2,12,18)(H,14,15,16). The van der Waals surface area contributed by atoms with Crippen LogP contribution in [0.5, 0.6) is 0 Å². The van der Waals surface area contributed by atoms with Crippen LogP contribution in [0.25, 0.3) is 0 Å². The van der Waals surface area contributed by atoms with Gasteiger partial charge in [-0.25, -0.2) is 4.98 Å². The van der Waals surface area contributed by atoms with Gasteiger partial charge in [0.25, 0.3) is 5.91 Å². The number of carbonyl (C=O) groups excluding carboxylic acids is 2. The first-order chi connectivity index (χ1) is 9.08. The van der Waals surface area contributed by atoms with Crippen molar-refractivity contribution < 1.29 is 9.59 Å². The molecule has 0 spiro atoms. The van der Waals surface area contributed by atoms with Crippen molar-refractivity contribution in [3.8, 4) is 0 Å². The predicted octanol–water partition coefficient (Wildman–Crippen LogP) is -1.21. The van der Waals surface area contributed by atoms with E-state index in [1.165, 1.54) is 4.90 Å². The SMILES string of the molecule is Cc1nc(C(=O)N(CC(N)=O)C2CCNCC2)n[nH]1. The average molecular weight is 266 g/mol. The van der Waals surface area contributed by atoms with Gasteiger partial charge in [0.1, 0.15) is 12.4 Å². The molecule has 0 aliphatic carbocycles. The summed E-state index contributed by atoms with van der Waals surface area (Å²) in [6.45, 7) is 3.25. The van der Waals surface area contributed by atoms with E-state index in [-0.39, 0.29) is 24.3 Å².